The Hall–Kier alpha value is -2.01. The van der Waals surface area contributed by atoms with Gasteiger partial charge in [-0.15, -0.1) is 0 Å². The molecule has 0 spiro atoms. The number of anilines is 1. The molecule has 0 aliphatic heterocycles. The lowest BCUT2D eigenvalue weighted by molar-refractivity contribution is 0.270. The fourth-order valence-corrected chi connectivity index (χ4v) is 2.19. The predicted molar refractivity (Wildman–Crippen MR) is 79.0 cm³/mol. The summed E-state index contributed by atoms with van der Waals surface area (Å²) in [5, 5.41) is 26.8. The summed E-state index contributed by atoms with van der Waals surface area (Å²) in [6.07, 6.45) is 0. The smallest absolute Gasteiger partial charge is 0.127 e. The third kappa shape index (κ3) is 2.77. The van der Waals surface area contributed by atoms with Crippen molar-refractivity contribution in [3.05, 3.63) is 40.6 Å². The van der Waals surface area contributed by atoms with E-state index in [1.54, 1.807) is 4.68 Å². The van der Waals surface area contributed by atoms with Gasteiger partial charge in [-0.3, -0.25) is 0 Å². The molecule has 0 unspecified atom stereocenters. The number of aromatic nitrogens is 2. The fraction of sp³-hybridized carbons (Fsp3) is 0.400. The first-order chi connectivity index (χ1) is 9.54. The van der Waals surface area contributed by atoms with Crippen LogP contribution in [0.1, 0.15) is 22.4 Å². The van der Waals surface area contributed by atoms with E-state index in [-0.39, 0.29) is 6.61 Å². The van der Waals surface area contributed by atoms with Gasteiger partial charge in [0.25, 0.3) is 0 Å². The Balaban J connectivity index is 2.20. The summed E-state index contributed by atoms with van der Waals surface area (Å²) in [6.45, 7) is 6.84. The highest BCUT2D eigenvalue weighted by Gasteiger charge is 2.12. The van der Waals surface area contributed by atoms with Gasteiger partial charge in [0.1, 0.15) is 11.6 Å². The molecule has 0 aliphatic rings. The summed E-state index contributed by atoms with van der Waals surface area (Å²) in [5.41, 5.74) is 3.71. The number of benzene rings is 1. The second kappa shape index (κ2) is 5.96. The number of aliphatic hydroxyl groups is 1. The molecular formula is C15H21N3O2. The Bertz CT molecular complexity index is 605. The lowest BCUT2D eigenvalue weighted by atomic mass is 10.1. The maximum Gasteiger partial charge on any atom is 0.127 e. The summed E-state index contributed by atoms with van der Waals surface area (Å²) in [5.74, 6) is 1.21. The fourth-order valence-electron chi connectivity index (χ4n) is 2.19. The number of aryl methyl sites for hydroxylation is 2. The molecule has 0 radical (unpaired) electrons. The van der Waals surface area contributed by atoms with E-state index in [2.05, 4.69) is 10.4 Å². The average Bonchev–Trinajstić information content (AvgIpc) is 2.68. The number of aromatic hydroxyl groups is 1. The number of para-hydroxylation sites is 1. The number of hydrogen-bond acceptors (Lipinski definition) is 4. The van der Waals surface area contributed by atoms with Gasteiger partial charge in [0.15, 0.2) is 0 Å². The molecule has 0 atom stereocenters. The van der Waals surface area contributed by atoms with Crippen LogP contribution in [0, 0.1) is 20.8 Å². The first kappa shape index (κ1) is 14.4. The number of phenolic OH excluding ortho intramolecular Hbond substituents is 1. The first-order valence-electron chi connectivity index (χ1n) is 6.70. The molecule has 0 fully saturated rings. The van der Waals surface area contributed by atoms with Crippen LogP contribution in [0.2, 0.25) is 0 Å². The van der Waals surface area contributed by atoms with E-state index in [4.69, 9.17) is 5.11 Å². The van der Waals surface area contributed by atoms with Gasteiger partial charge in [-0.1, -0.05) is 18.2 Å². The summed E-state index contributed by atoms with van der Waals surface area (Å²) in [7, 11) is 0. The second-order valence-corrected chi connectivity index (χ2v) is 4.94. The van der Waals surface area contributed by atoms with Crippen LogP contribution in [0.3, 0.4) is 0 Å². The number of phenols is 1. The van der Waals surface area contributed by atoms with Gasteiger partial charge in [0, 0.05) is 17.7 Å². The summed E-state index contributed by atoms with van der Waals surface area (Å²) >= 11 is 0. The van der Waals surface area contributed by atoms with Crippen molar-refractivity contribution in [2.24, 2.45) is 0 Å². The topological polar surface area (TPSA) is 70.3 Å². The number of aliphatic hydroxyl groups excluding tert-OH is 1. The molecule has 20 heavy (non-hydrogen) atoms. The molecule has 5 heteroatoms. The predicted octanol–water partition coefficient (Wildman–Crippen LogP) is 2.12. The highest BCUT2D eigenvalue weighted by Crippen LogP contribution is 2.24. The zero-order valence-corrected chi connectivity index (χ0v) is 12.1. The largest absolute Gasteiger partial charge is 0.507 e. The Morgan fingerprint density at radius 1 is 1.25 bits per heavy atom. The number of nitrogens with one attached hydrogen (secondary N) is 1. The van der Waals surface area contributed by atoms with Crippen LogP contribution in [0.15, 0.2) is 18.2 Å². The quantitative estimate of drug-likeness (QED) is 0.781. The summed E-state index contributed by atoms with van der Waals surface area (Å²) < 4.78 is 1.76. The van der Waals surface area contributed by atoms with Gasteiger partial charge in [-0.2, -0.15) is 5.10 Å². The molecule has 2 aromatic rings. The maximum absolute atomic E-state index is 10.0. The van der Waals surface area contributed by atoms with Crippen molar-refractivity contribution in [3.63, 3.8) is 0 Å². The third-order valence-corrected chi connectivity index (χ3v) is 3.51. The van der Waals surface area contributed by atoms with E-state index in [1.807, 2.05) is 39.0 Å². The lowest BCUT2D eigenvalue weighted by Gasteiger charge is -2.12. The third-order valence-electron chi connectivity index (χ3n) is 3.51. The molecule has 3 N–H and O–H groups in total. The van der Waals surface area contributed by atoms with Crippen molar-refractivity contribution >= 4 is 5.82 Å². The molecular weight excluding hydrogens is 254 g/mol. The van der Waals surface area contributed by atoms with Crippen LogP contribution in [0.4, 0.5) is 5.82 Å². The molecule has 0 amide bonds. The summed E-state index contributed by atoms with van der Waals surface area (Å²) in [4.78, 5) is 0. The van der Waals surface area contributed by atoms with Gasteiger partial charge in [0.05, 0.1) is 18.8 Å². The molecule has 1 heterocycles. The molecule has 1 aromatic carbocycles. The van der Waals surface area contributed by atoms with Crippen LogP contribution in [0.5, 0.6) is 5.75 Å². The van der Waals surface area contributed by atoms with Gasteiger partial charge >= 0.3 is 0 Å². The van der Waals surface area contributed by atoms with Crippen LogP contribution in [-0.2, 0) is 13.1 Å². The monoisotopic (exact) mass is 275 g/mol. The van der Waals surface area contributed by atoms with E-state index in [9.17, 15) is 5.11 Å². The molecule has 0 aliphatic carbocycles. The second-order valence-electron chi connectivity index (χ2n) is 4.94. The van der Waals surface area contributed by atoms with Crippen molar-refractivity contribution < 1.29 is 10.2 Å². The van der Waals surface area contributed by atoms with Crippen LogP contribution < -0.4 is 5.32 Å². The van der Waals surface area contributed by atoms with Crippen molar-refractivity contribution in [2.75, 3.05) is 11.9 Å². The Morgan fingerprint density at radius 3 is 2.70 bits per heavy atom. The SMILES string of the molecule is Cc1cccc(CNc2c(C)c(C)nn2CCO)c1O. The van der Waals surface area contributed by atoms with Gasteiger partial charge in [-0.05, 0) is 26.3 Å². The molecule has 2 rings (SSSR count). The molecule has 0 saturated heterocycles. The van der Waals surface area contributed by atoms with Gasteiger partial charge in [0.2, 0.25) is 0 Å². The standard InChI is InChI=1S/C15H21N3O2/c1-10-5-4-6-13(14(10)20)9-16-15-11(2)12(3)17-18(15)7-8-19/h4-6,16,19-20H,7-9H2,1-3H3. The van der Waals surface area contributed by atoms with Crippen molar-refractivity contribution in [1.82, 2.24) is 9.78 Å². The molecule has 0 bridgehead atoms. The van der Waals surface area contributed by atoms with E-state index < -0.39 is 0 Å². The van der Waals surface area contributed by atoms with E-state index in [0.29, 0.717) is 18.8 Å². The molecule has 1 aromatic heterocycles. The minimum atomic E-state index is 0.0466. The highest BCUT2D eigenvalue weighted by molar-refractivity contribution is 5.49. The molecule has 0 saturated carbocycles. The van der Waals surface area contributed by atoms with Crippen LogP contribution in [0.25, 0.3) is 0 Å². The Kier molecular flexibility index (Phi) is 4.29. The average molecular weight is 275 g/mol. The van der Waals surface area contributed by atoms with Crippen molar-refractivity contribution in [1.29, 1.82) is 0 Å². The highest BCUT2D eigenvalue weighted by atomic mass is 16.3. The maximum atomic E-state index is 10.0. The Morgan fingerprint density at radius 2 is 2.00 bits per heavy atom. The van der Waals surface area contributed by atoms with Gasteiger partial charge in [-0.25, -0.2) is 4.68 Å². The normalized spacial score (nSPS) is 10.8. The number of nitrogens with zero attached hydrogens (tertiary/aromatic N) is 2. The van der Waals surface area contributed by atoms with Gasteiger partial charge < -0.3 is 15.5 Å². The number of rotatable bonds is 5. The number of hydrogen-bond donors (Lipinski definition) is 3. The van der Waals surface area contributed by atoms with E-state index in [0.717, 1.165) is 28.2 Å². The zero-order valence-electron chi connectivity index (χ0n) is 12.1. The van der Waals surface area contributed by atoms with Crippen molar-refractivity contribution in [2.45, 2.75) is 33.9 Å². The lowest BCUT2D eigenvalue weighted by Crippen LogP contribution is -2.11. The van der Waals surface area contributed by atoms with E-state index in [1.165, 1.54) is 0 Å². The van der Waals surface area contributed by atoms with E-state index >= 15 is 0 Å². The zero-order chi connectivity index (χ0) is 14.7. The van der Waals surface area contributed by atoms with Crippen LogP contribution >= 0.6 is 0 Å². The summed E-state index contributed by atoms with van der Waals surface area (Å²) in [6, 6.07) is 5.70. The van der Waals surface area contributed by atoms with Crippen molar-refractivity contribution in [3.8, 4) is 5.75 Å². The molecule has 5 nitrogen and oxygen atoms in total. The molecule has 108 valence electrons. The Labute approximate surface area is 118 Å². The minimum Gasteiger partial charge on any atom is -0.507 e. The van der Waals surface area contributed by atoms with Crippen LogP contribution in [-0.4, -0.2) is 26.6 Å². The first-order valence-corrected chi connectivity index (χ1v) is 6.70. The minimum absolute atomic E-state index is 0.0466.